The average molecular weight is 361 g/mol. The van der Waals surface area contributed by atoms with Gasteiger partial charge in [-0.2, -0.15) is 5.10 Å². The van der Waals surface area contributed by atoms with E-state index in [4.69, 9.17) is 4.74 Å². The predicted molar refractivity (Wildman–Crippen MR) is 95.5 cm³/mol. The van der Waals surface area contributed by atoms with E-state index >= 15 is 0 Å². The molecule has 4 rings (SSSR count). The van der Waals surface area contributed by atoms with Gasteiger partial charge in [0, 0.05) is 11.9 Å². The van der Waals surface area contributed by atoms with Crippen LogP contribution in [0, 0.1) is 6.92 Å². The van der Waals surface area contributed by atoms with Gasteiger partial charge >= 0.3 is 5.97 Å². The molecular weight excluding hydrogens is 346 g/mol. The molecule has 7 nitrogen and oxygen atoms in total. The molecule has 2 aromatic carbocycles. The topological polar surface area (TPSA) is 81.5 Å². The Kier molecular flexibility index (Phi) is 4.04. The third-order valence-electron chi connectivity index (χ3n) is 4.38. The molecule has 0 radical (unpaired) electrons. The maximum Gasteiger partial charge on any atom is 0.339 e. The molecule has 27 heavy (non-hydrogen) atoms. The minimum absolute atomic E-state index is 0.317. The van der Waals surface area contributed by atoms with Crippen molar-refractivity contribution in [3.05, 3.63) is 83.2 Å². The van der Waals surface area contributed by atoms with Crippen molar-refractivity contribution >= 4 is 17.8 Å². The number of ether oxygens (including phenoxy) is 1. The molecule has 2 heterocycles. The summed E-state index contributed by atoms with van der Waals surface area (Å²) in [5.41, 5.74) is 2.74. The fourth-order valence-electron chi connectivity index (χ4n) is 2.94. The summed E-state index contributed by atoms with van der Waals surface area (Å²) < 4.78 is 6.91. The third-order valence-corrected chi connectivity index (χ3v) is 4.38. The summed E-state index contributed by atoms with van der Waals surface area (Å²) in [5.74, 6) is -1.55. The number of carbonyl (C=O) groups excluding carboxylic acids is 3. The summed E-state index contributed by atoms with van der Waals surface area (Å²) in [6.45, 7) is 1.50. The Hall–Kier alpha value is -3.74. The number of benzene rings is 2. The molecule has 0 spiro atoms. The van der Waals surface area contributed by atoms with E-state index in [1.165, 1.54) is 0 Å². The fraction of sp³-hybridized carbons (Fsp3) is 0.100. The number of carbonyl (C=O) groups is 3. The summed E-state index contributed by atoms with van der Waals surface area (Å²) >= 11 is 0. The highest BCUT2D eigenvalue weighted by molar-refractivity contribution is 6.21. The lowest BCUT2D eigenvalue weighted by atomic mass is 10.1. The first kappa shape index (κ1) is 16.7. The normalized spacial score (nSPS) is 13.0. The van der Waals surface area contributed by atoms with Gasteiger partial charge in [0.1, 0.15) is 0 Å². The first-order chi connectivity index (χ1) is 13.1. The predicted octanol–water partition coefficient (Wildman–Crippen LogP) is 2.59. The molecule has 1 aliphatic heterocycles. The molecule has 0 aliphatic carbocycles. The quantitative estimate of drug-likeness (QED) is 0.527. The molecule has 0 unspecified atom stereocenters. The van der Waals surface area contributed by atoms with E-state index in [-0.39, 0.29) is 0 Å². The van der Waals surface area contributed by atoms with Crippen LogP contribution in [0.15, 0.2) is 60.8 Å². The number of esters is 1. The number of aromatic nitrogens is 2. The first-order valence-electron chi connectivity index (χ1n) is 8.29. The van der Waals surface area contributed by atoms with Gasteiger partial charge in [-0.1, -0.05) is 12.1 Å². The first-order valence-corrected chi connectivity index (χ1v) is 8.29. The molecule has 3 aromatic rings. The van der Waals surface area contributed by atoms with Crippen LogP contribution >= 0.6 is 0 Å². The molecule has 7 heteroatoms. The Balaban J connectivity index is 1.44. The molecule has 134 valence electrons. The van der Waals surface area contributed by atoms with Crippen LogP contribution in [0.5, 0.6) is 0 Å². The highest BCUT2D eigenvalue weighted by Gasteiger charge is 2.35. The van der Waals surface area contributed by atoms with Crippen molar-refractivity contribution in [3.63, 3.8) is 0 Å². The Bertz CT molecular complexity index is 1020. The van der Waals surface area contributed by atoms with Crippen LogP contribution in [0.1, 0.15) is 36.8 Å². The molecular formula is C20H15N3O4. The summed E-state index contributed by atoms with van der Waals surface area (Å²) in [6, 6.07) is 15.1. The molecule has 2 amide bonds. The molecule has 1 aromatic heterocycles. The number of rotatable bonds is 4. The van der Waals surface area contributed by atoms with Gasteiger partial charge in [-0.15, -0.1) is 0 Å². The molecule has 0 saturated heterocycles. The van der Waals surface area contributed by atoms with Crippen LogP contribution in [-0.4, -0.2) is 39.2 Å². The lowest BCUT2D eigenvalue weighted by molar-refractivity contribution is 0.0228. The highest BCUT2D eigenvalue weighted by atomic mass is 16.5. The standard InChI is InChI=1S/C20H15N3O4/c1-13-10-11-21-23(13)15-8-6-14(7-9-15)20(26)27-12-22-18(24)16-4-2-3-5-17(16)19(22)25/h2-11H,12H2,1H3. The number of amides is 2. The zero-order valence-corrected chi connectivity index (χ0v) is 14.5. The van der Waals surface area contributed by atoms with Crippen molar-refractivity contribution in [1.29, 1.82) is 0 Å². The molecule has 0 bridgehead atoms. The SMILES string of the molecule is Cc1ccnn1-c1ccc(C(=O)OCN2C(=O)c3ccccc3C2=O)cc1. The molecule has 0 N–H and O–H groups in total. The van der Waals surface area contributed by atoms with Crippen LogP contribution in [0.25, 0.3) is 5.69 Å². The maximum atomic E-state index is 12.3. The molecule has 1 aliphatic rings. The maximum absolute atomic E-state index is 12.3. The van der Waals surface area contributed by atoms with E-state index in [0.717, 1.165) is 16.3 Å². The molecule has 0 fully saturated rings. The zero-order valence-electron chi connectivity index (χ0n) is 14.5. The second-order valence-electron chi connectivity index (χ2n) is 6.08. The summed E-state index contributed by atoms with van der Waals surface area (Å²) in [7, 11) is 0. The van der Waals surface area contributed by atoms with Crippen LogP contribution in [-0.2, 0) is 4.74 Å². The van der Waals surface area contributed by atoms with Crippen LogP contribution in [0.4, 0.5) is 0 Å². The van der Waals surface area contributed by atoms with Crippen molar-refractivity contribution in [1.82, 2.24) is 14.7 Å². The van der Waals surface area contributed by atoms with E-state index in [9.17, 15) is 14.4 Å². The van der Waals surface area contributed by atoms with E-state index in [1.54, 1.807) is 59.4 Å². The summed E-state index contributed by atoms with van der Waals surface area (Å²) in [5, 5.41) is 4.20. The van der Waals surface area contributed by atoms with Crippen LogP contribution < -0.4 is 0 Å². The van der Waals surface area contributed by atoms with Gasteiger partial charge in [0.15, 0.2) is 6.73 Å². The third kappa shape index (κ3) is 2.89. The van der Waals surface area contributed by atoms with Gasteiger partial charge in [-0.25, -0.2) is 14.4 Å². The van der Waals surface area contributed by atoms with Crippen LogP contribution in [0.3, 0.4) is 0 Å². The fourth-order valence-corrected chi connectivity index (χ4v) is 2.94. The second-order valence-corrected chi connectivity index (χ2v) is 6.08. The average Bonchev–Trinajstić information content (AvgIpc) is 3.22. The smallest absolute Gasteiger partial charge is 0.339 e. The van der Waals surface area contributed by atoms with Gasteiger partial charge in [-0.05, 0) is 49.4 Å². The van der Waals surface area contributed by atoms with Gasteiger partial charge in [0.2, 0.25) is 0 Å². The lowest BCUT2D eigenvalue weighted by Crippen LogP contribution is -2.33. The van der Waals surface area contributed by atoms with Crippen molar-refractivity contribution in [3.8, 4) is 5.69 Å². The molecule has 0 saturated carbocycles. The molecule has 0 atom stereocenters. The zero-order chi connectivity index (χ0) is 19.0. The monoisotopic (exact) mass is 361 g/mol. The van der Waals surface area contributed by atoms with Gasteiger partial charge in [0.25, 0.3) is 11.8 Å². The van der Waals surface area contributed by atoms with Crippen LogP contribution in [0.2, 0.25) is 0 Å². The van der Waals surface area contributed by atoms with Gasteiger partial charge in [0.05, 0.1) is 22.4 Å². The second kappa shape index (κ2) is 6.53. The van der Waals surface area contributed by atoms with Crippen molar-refractivity contribution < 1.29 is 19.1 Å². The van der Waals surface area contributed by atoms with Crippen molar-refractivity contribution in [2.24, 2.45) is 0 Å². The highest BCUT2D eigenvalue weighted by Crippen LogP contribution is 2.22. The number of fused-ring (bicyclic) bond motifs is 1. The minimum Gasteiger partial charge on any atom is -0.440 e. The Labute approximate surface area is 154 Å². The van der Waals surface area contributed by atoms with Gasteiger partial charge in [-0.3, -0.25) is 9.59 Å². The van der Waals surface area contributed by atoms with Crippen molar-refractivity contribution in [2.75, 3.05) is 6.73 Å². The summed E-state index contributed by atoms with van der Waals surface area (Å²) in [6.07, 6.45) is 1.69. The van der Waals surface area contributed by atoms with E-state index in [2.05, 4.69) is 5.10 Å². The number of nitrogens with zero attached hydrogens (tertiary/aromatic N) is 3. The Morgan fingerprint density at radius 3 is 2.15 bits per heavy atom. The Morgan fingerprint density at radius 1 is 0.963 bits per heavy atom. The van der Waals surface area contributed by atoms with E-state index < -0.39 is 24.5 Å². The van der Waals surface area contributed by atoms with E-state index in [1.807, 2.05) is 13.0 Å². The number of hydrogen-bond acceptors (Lipinski definition) is 5. The van der Waals surface area contributed by atoms with E-state index in [0.29, 0.717) is 16.7 Å². The number of aryl methyl sites for hydroxylation is 1. The van der Waals surface area contributed by atoms with Crippen molar-refractivity contribution in [2.45, 2.75) is 6.92 Å². The minimum atomic E-state index is -0.615. The number of hydrogen-bond donors (Lipinski definition) is 0. The number of imide groups is 1. The van der Waals surface area contributed by atoms with Gasteiger partial charge < -0.3 is 4.74 Å². The lowest BCUT2D eigenvalue weighted by Gasteiger charge is -2.14. The Morgan fingerprint density at radius 2 is 1.59 bits per heavy atom. The summed E-state index contributed by atoms with van der Waals surface area (Å²) in [4.78, 5) is 37.7. The largest absolute Gasteiger partial charge is 0.440 e.